The second kappa shape index (κ2) is 15.2. The minimum Gasteiger partial charge on any atom is -0.492 e. The SMILES string of the molecule is CCOc1ccccc1N(CC(=O)N(Cc1ccc(Br)cc1)C(Cc1ccccc1)C(=O)NC)S(=O)(=O)c1ccc(Cl)cc1. The Kier molecular flexibility index (Phi) is 11.4. The number of halogens is 2. The number of nitrogens with one attached hydrogen (secondary N) is 1. The Morgan fingerprint density at radius 1 is 0.886 bits per heavy atom. The van der Waals surface area contributed by atoms with Gasteiger partial charge in [-0.2, -0.15) is 0 Å². The Morgan fingerprint density at radius 3 is 2.16 bits per heavy atom. The van der Waals surface area contributed by atoms with Gasteiger partial charge in [0.25, 0.3) is 10.0 Å². The van der Waals surface area contributed by atoms with Crippen LogP contribution in [0.1, 0.15) is 18.1 Å². The van der Waals surface area contributed by atoms with Gasteiger partial charge in [-0.25, -0.2) is 8.42 Å². The molecule has 0 bridgehead atoms. The molecule has 1 atom stereocenters. The lowest BCUT2D eigenvalue weighted by Crippen LogP contribution is -2.53. The average molecular weight is 699 g/mol. The molecular weight excluding hydrogens is 666 g/mol. The van der Waals surface area contributed by atoms with Crippen LogP contribution < -0.4 is 14.4 Å². The lowest BCUT2D eigenvalue weighted by molar-refractivity contribution is -0.139. The Balaban J connectivity index is 1.82. The molecule has 0 spiro atoms. The summed E-state index contributed by atoms with van der Waals surface area (Å²) >= 11 is 9.49. The van der Waals surface area contributed by atoms with Gasteiger partial charge in [0.05, 0.1) is 17.2 Å². The molecule has 4 aromatic rings. The Morgan fingerprint density at radius 2 is 1.52 bits per heavy atom. The topological polar surface area (TPSA) is 96.0 Å². The quantitative estimate of drug-likeness (QED) is 0.183. The van der Waals surface area contributed by atoms with E-state index in [1.807, 2.05) is 54.6 Å². The summed E-state index contributed by atoms with van der Waals surface area (Å²) in [6.07, 6.45) is 0.224. The summed E-state index contributed by atoms with van der Waals surface area (Å²) in [4.78, 5) is 29.2. The molecule has 4 aromatic carbocycles. The van der Waals surface area contributed by atoms with E-state index in [1.165, 1.54) is 36.2 Å². The smallest absolute Gasteiger partial charge is 0.264 e. The summed E-state index contributed by atoms with van der Waals surface area (Å²) < 4.78 is 36.0. The van der Waals surface area contributed by atoms with Crippen LogP contribution in [0.3, 0.4) is 0 Å². The van der Waals surface area contributed by atoms with Gasteiger partial charge in [-0.05, 0) is 66.6 Å². The molecule has 44 heavy (non-hydrogen) atoms. The predicted molar refractivity (Wildman–Crippen MR) is 176 cm³/mol. The fourth-order valence-electron chi connectivity index (χ4n) is 4.69. The molecule has 11 heteroatoms. The van der Waals surface area contributed by atoms with E-state index in [4.69, 9.17) is 16.3 Å². The largest absolute Gasteiger partial charge is 0.492 e. The Bertz CT molecular complexity index is 1670. The zero-order valence-corrected chi connectivity index (χ0v) is 27.5. The maximum absolute atomic E-state index is 14.4. The lowest BCUT2D eigenvalue weighted by atomic mass is 10.0. The number of sulfonamides is 1. The molecule has 0 heterocycles. The normalized spacial score (nSPS) is 11.8. The first-order chi connectivity index (χ1) is 21.1. The lowest BCUT2D eigenvalue weighted by Gasteiger charge is -2.34. The third kappa shape index (κ3) is 8.19. The van der Waals surface area contributed by atoms with Crippen molar-refractivity contribution in [3.63, 3.8) is 0 Å². The maximum Gasteiger partial charge on any atom is 0.264 e. The van der Waals surface area contributed by atoms with Crippen molar-refractivity contribution in [2.45, 2.75) is 30.8 Å². The molecule has 0 aliphatic carbocycles. The molecule has 0 radical (unpaired) electrons. The van der Waals surface area contributed by atoms with Crippen LogP contribution in [0.15, 0.2) is 112 Å². The predicted octanol–water partition coefficient (Wildman–Crippen LogP) is 6.08. The molecule has 0 saturated carbocycles. The van der Waals surface area contributed by atoms with Crippen LogP contribution in [0.25, 0.3) is 0 Å². The number of anilines is 1. The van der Waals surface area contributed by atoms with Crippen LogP contribution in [0.2, 0.25) is 5.02 Å². The van der Waals surface area contributed by atoms with Gasteiger partial charge in [0.15, 0.2) is 0 Å². The highest BCUT2D eigenvalue weighted by Crippen LogP contribution is 2.33. The van der Waals surface area contributed by atoms with Gasteiger partial charge in [0, 0.05) is 29.5 Å². The molecular formula is C33H33BrClN3O5S. The van der Waals surface area contributed by atoms with E-state index in [0.29, 0.717) is 10.8 Å². The fourth-order valence-corrected chi connectivity index (χ4v) is 6.51. The number of benzene rings is 4. The van der Waals surface area contributed by atoms with Gasteiger partial charge in [0.1, 0.15) is 18.3 Å². The van der Waals surface area contributed by atoms with Crippen molar-refractivity contribution < 1.29 is 22.7 Å². The van der Waals surface area contributed by atoms with Crippen molar-refractivity contribution in [1.29, 1.82) is 0 Å². The third-order valence-electron chi connectivity index (χ3n) is 6.90. The number of nitrogens with zero attached hydrogens (tertiary/aromatic N) is 2. The zero-order valence-electron chi connectivity index (χ0n) is 24.3. The van der Waals surface area contributed by atoms with E-state index < -0.39 is 28.5 Å². The minimum absolute atomic E-state index is 0.0485. The van der Waals surface area contributed by atoms with Crippen LogP contribution in [0, 0.1) is 0 Å². The van der Waals surface area contributed by atoms with Gasteiger partial charge in [-0.3, -0.25) is 13.9 Å². The van der Waals surface area contributed by atoms with Crippen molar-refractivity contribution in [2.75, 3.05) is 24.5 Å². The van der Waals surface area contributed by atoms with Gasteiger partial charge >= 0.3 is 0 Å². The summed E-state index contributed by atoms with van der Waals surface area (Å²) in [6.45, 7) is 1.55. The number of hydrogen-bond donors (Lipinski definition) is 1. The minimum atomic E-state index is -4.29. The molecule has 0 fully saturated rings. The summed E-state index contributed by atoms with van der Waals surface area (Å²) in [7, 11) is -2.78. The van der Waals surface area contributed by atoms with E-state index in [-0.39, 0.29) is 36.1 Å². The van der Waals surface area contributed by atoms with Crippen molar-refractivity contribution in [3.8, 4) is 5.75 Å². The highest BCUT2D eigenvalue weighted by atomic mass is 79.9. The van der Waals surface area contributed by atoms with Crippen molar-refractivity contribution >= 4 is 55.1 Å². The van der Waals surface area contributed by atoms with Crippen molar-refractivity contribution in [1.82, 2.24) is 10.2 Å². The first kappa shape index (κ1) is 33.0. The number of carbonyl (C=O) groups excluding carboxylic acids is 2. The van der Waals surface area contributed by atoms with E-state index in [9.17, 15) is 18.0 Å². The van der Waals surface area contributed by atoms with Gasteiger partial charge in [-0.15, -0.1) is 0 Å². The number of carbonyl (C=O) groups is 2. The molecule has 0 aliphatic rings. The number of likely N-dealkylation sites (N-methyl/N-ethyl adjacent to an activating group) is 1. The van der Waals surface area contributed by atoms with Gasteiger partial charge in [-0.1, -0.05) is 82.1 Å². The maximum atomic E-state index is 14.4. The average Bonchev–Trinajstić information content (AvgIpc) is 3.03. The molecule has 4 rings (SSSR count). The summed E-state index contributed by atoms with van der Waals surface area (Å²) in [5, 5.41) is 3.05. The number of ether oxygens (including phenoxy) is 1. The van der Waals surface area contributed by atoms with Crippen molar-refractivity contribution in [2.24, 2.45) is 0 Å². The number of hydrogen-bond acceptors (Lipinski definition) is 5. The molecule has 2 amide bonds. The molecule has 230 valence electrons. The molecule has 0 aromatic heterocycles. The summed E-state index contributed by atoms with van der Waals surface area (Å²) in [6, 6.07) is 28.2. The fraction of sp³-hybridized carbons (Fsp3) is 0.212. The number of rotatable bonds is 13. The second-order valence-electron chi connectivity index (χ2n) is 9.83. The van der Waals surface area contributed by atoms with Crippen molar-refractivity contribution in [3.05, 3.63) is 124 Å². The molecule has 0 saturated heterocycles. The summed E-state index contributed by atoms with van der Waals surface area (Å²) in [5.41, 5.74) is 1.81. The molecule has 0 aliphatic heterocycles. The van der Waals surface area contributed by atoms with E-state index in [1.54, 1.807) is 31.2 Å². The van der Waals surface area contributed by atoms with E-state index in [2.05, 4.69) is 21.2 Å². The number of amides is 2. The van der Waals surface area contributed by atoms with E-state index in [0.717, 1.165) is 19.9 Å². The highest BCUT2D eigenvalue weighted by molar-refractivity contribution is 9.10. The Hall–Kier alpha value is -3.86. The summed E-state index contributed by atoms with van der Waals surface area (Å²) in [5.74, 6) is -0.644. The van der Waals surface area contributed by atoms with Crippen LogP contribution >= 0.6 is 27.5 Å². The monoisotopic (exact) mass is 697 g/mol. The van der Waals surface area contributed by atoms with Crippen LogP contribution in [0.5, 0.6) is 5.75 Å². The standard InChI is InChI=1S/C33H33BrClN3O5S/c1-3-43-31-12-8-7-11-29(31)38(44(41,42)28-19-17-27(35)18-20-28)23-32(39)37(22-25-13-15-26(34)16-14-25)30(33(40)36-2)21-24-9-5-4-6-10-24/h4-20,30H,3,21-23H2,1-2H3,(H,36,40). The molecule has 1 unspecified atom stereocenters. The molecule has 1 N–H and O–H groups in total. The van der Waals surface area contributed by atoms with E-state index >= 15 is 0 Å². The zero-order chi connectivity index (χ0) is 31.7. The van der Waals surface area contributed by atoms with Gasteiger partial charge < -0.3 is 15.0 Å². The second-order valence-corrected chi connectivity index (χ2v) is 13.0. The number of para-hydroxylation sites is 2. The first-order valence-electron chi connectivity index (χ1n) is 13.9. The highest BCUT2D eigenvalue weighted by Gasteiger charge is 2.35. The Labute approximate surface area is 271 Å². The van der Waals surface area contributed by atoms with Crippen LogP contribution in [0.4, 0.5) is 5.69 Å². The van der Waals surface area contributed by atoms with Gasteiger partial charge in [0.2, 0.25) is 11.8 Å². The van der Waals surface area contributed by atoms with Crippen LogP contribution in [-0.2, 0) is 32.6 Å². The van der Waals surface area contributed by atoms with Crippen LogP contribution in [-0.4, -0.2) is 51.4 Å². The first-order valence-corrected chi connectivity index (χ1v) is 16.5. The third-order valence-corrected chi connectivity index (χ3v) is 9.45. The molecule has 8 nitrogen and oxygen atoms in total.